The second kappa shape index (κ2) is 5.44. The summed E-state index contributed by atoms with van der Waals surface area (Å²) in [5.74, 6) is 0.819. The lowest BCUT2D eigenvalue weighted by atomic mass is 9.96. The topological polar surface area (TPSA) is 29.5 Å². The van der Waals surface area contributed by atoms with Crippen molar-refractivity contribution in [1.29, 1.82) is 0 Å². The lowest BCUT2D eigenvalue weighted by Crippen LogP contribution is -2.35. The Labute approximate surface area is 124 Å². The summed E-state index contributed by atoms with van der Waals surface area (Å²) in [7, 11) is 1.66. The van der Waals surface area contributed by atoms with E-state index in [-0.39, 0.29) is 11.9 Å². The fraction of sp³-hybridized carbons (Fsp3) is 0.167. The highest BCUT2D eigenvalue weighted by Gasteiger charge is 2.30. The number of fused-ring (bicyclic) bond motifs is 1. The molecule has 1 aliphatic heterocycles. The number of benzene rings is 2. The van der Waals surface area contributed by atoms with E-state index in [0.717, 1.165) is 22.6 Å². The van der Waals surface area contributed by atoms with E-state index in [4.69, 9.17) is 4.74 Å². The molecule has 3 rings (SSSR count). The second-order valence-electron chi connectivity index (χ2n) is 5.00. The van der Waals surface area contributed by atoms with E-state index in [9.17, 15) is 4.79 Å². The first-order valence-electron chi connectivity index (χ1n) is 6.92. The zero-order valence-electron chi connectivity index (χ0n) is 12.1. The van der Waals surface area contributed by atoms with Gasteiger partial charge in [-0.25, -0.2) is 0 Å². The summed E-state index contributed by atoms with van der Waals surface area (Å²) in [6.45, 7) is 1.60. The predicted octanol–water partition coefficient (Wildman–Crippen LogP) is 3.78. The third-order valence-electron chi connectivity index (χ3n) is 3.72. The molecule has 3 nitrogen and oxygen atoms in total. The van der Waals surface area contributed by atoms with Crippen LogP contribution in [-0.2, 0) is 9.53 Å². The Morgan fingerprint density at radius 2 is 1.71 bits per heavy atom. The maximum Gasteiger partial charge on any atom is 0.224 e. The van der Waals surface area contributed by atoms with Crippen LogP contribution in [0.1, 0.15) is 24.1 Å². The van der Waals surface area contributed by atoms with Crippen molar-refractivity contribution in [2.24, 2.45) is 0 Å². The van der Waals surface area contributed by atoms with E-state index in [1.807, 2.05) is 65.6 Å². The van der Waals surface area contributed by atoms with Gasteiger partial charge in [0.05, 0.1) is 18.8 Å². The van der Waals surface area contributed by atoms with Gasteiger partial charge >= 0.3 is 0 Å². The molecular weight excluding hydrogens is 262 g/mol. The Morgan fingerprint density at radius 1 is 1.05 bits per heavy atom. The summed E-state index contributed by atoms with van der Waals surface area (Å²) in [5, 5.41) is 0. The molecule has 3 heteroatoms. The van der Waals surface area contributed by atoms with Crippen LogP contribution in [0.5, 0.6) is 0 Å². The molecule has 0 saturated carbocycles. The van der Waals surface area contributed by atoms with Crippen molar-refractivity contribution in [3.8, 4) is 0 Å². The summed E-state index contributed by atoms with van der Waals surface area (Å²) in [6, 6.07) is 17.7. The smallest absolute Gasteiger partial charge is 0.224 e. The minimum atomic E-state index is -0.145. The number of ether oxygens (including phenoxy) is 1. The van der Waals surface area contributed by atoms with Crippen LogP contribution >= 0.6 is 0 Å². The largest absolute Gasteiger partial charge is 0.496 e. The minimum Gasteiger partial charge on any atom is -0.496 e. The van der Waals surface area contributed by atoms with Gasteiger partial charge in [0.15, 0.2) is 0 Å². The molecule has 0 radical (unpaired) electrons. The van der Waals surface area contributed by atoms with Gasteiger partial charge < -0.3 is 9.64 Å². The van der Waals surface area contributed by atoms with E-state index < -0.39 is 0 Å². The molecule has 0 bridgehead atoms. The van der Waals surface area contributed by atoms with Gasteiger partial charge in [-0.2, -0.15) is 0 Å². The first-order chi connectivity index (χ1) is 10.2. The number of carbonyl (C=O) groups is 1. The number of methoxy groups -OCH3 is 1. The summed E-state index contributed by atoms with van der Waals surface area (Å²) in [6.07, 6.45) is 2.00. The molecule has 2 aromatic carbocycles. The Kier molecular flexibility index (Phi) is 3.48. The van der Waals surface area contributed by atoms with Crippen LogP contribution in [0.4, 0.5) is 5.69 Å². The SMILES string of the molecule is COC1=CC(c2ccccc2)N(C(C)=O)c2ccccc21. The summed E-state index contributed by atoms with van der Waals surface area (Å²) >= 11 is 0. The summed E-state index contributed by atoms with van der Waals surface area (Å²) < 4.78 is 5.52. The molecule has 0 aromatic heterocycles. The molecule has 1 amide bonds. The quantitative estimate of drug-likeness (QED) is 0.837. The third kappa shape index (κ3) is 2.31. The van der Waals surface area contributed by atoms with Crippen LogP contribution in [-0.4, -0.2) is 13.0 Å². The molecule has 0 spiro atoms. The van der Waals surface area contributed by atoms with Gasteiger partial charge in [0.1, 0.15) is 5.76 Å². The number of amides is 1. The number of hydrogen-bond donors (Lipinski definition) is 0. The first kappa shape index (κ1) is 13.4. The average Bonchev–Trinajstić information content (AvgIpc) is 2.53. The van der Waals surface area contributed by atoms with E-state index in [1.165, 1.54) is 0 Å². The Bertz CT molecular complexity index is 691. The van der Waals surface area contributed by atoms with Gasteiger partial charge in [0.25, 0.3) is 0 Å². The molecule has 1 aliphatic rings. The van der Waals surface area contributed by atoms with Crippen molar-refractivity contribution in [2.45, 2.75) is 13.0 Å². The van der Waals surface area contributed by atoms with Gasteiger partial charge in [-0.1, -0.05) is 42.5 Å². The Hall–Kier alpha value is -2.55. The van der Waals surface area contributed by atoms with Gasteiger partial charge in [0.2, 0.25) is 5.91 Å². The Balaban J connectivity index is 2.19. The average molecular weight is 279 g/mol. The second-order valence-corrected chi connectivity index (χ2v) is 5.00. The van der Waals surface area contributed by atoms with Crippen LogP contribution in [0.2, 0.25) is 0 Å². The normalized spacial score (nSPS) is 17.0. The molecule has 0 fully saturated rings. The number of hydrogen-bond acceptors (Lipinski definition) is 2. The number of anilines is 1. The number of nitrogens with zero attached hydrogens (tertiary/aromatic N) is 1. The summed E-state index contributed by atoms with van der Waals surface area (Å²) in [5.41, 5.74) is 2.90. The molecule has 2 aromatic rings. The highest BCUT2D eigenvalue weighted by atomic mass is 16.5. The van der Waals surface area contributed by atoms with Crippen LogP contribution in [0.15, 0.2) is 60.7 Å². The van der Waals surface area contributed by atoms with E-state index in [1.54, 1.807) is 14.0 Å². The molecule has 1 atom stereocenters. The van der Waals surface area contributed by atoms with Crippen molar-refractivity contribution < 1.29 is 9.53 Å². The number of para-hydroxylation sites is 1. The zero-order valence-corrected chi connectivity index (χ0v) is 12.1. The monoisotopic (exact) mass is 279 g/mol. The van der Waals surface area contributed by atoms with Crippen LogP contribution in [0.25, 0.3) is 5.76 Å². The third-order valence-corrected chi connectivity index (χ3v) is 3.72. The predicted molar refractivity (Wildman–Crippen MR) is 83.8 cm³/mol. The standard InChI is InChI=1S/C18H17NO2/c1-13(20)19-16-11-7-6-10-15(16)18(21-2)12-17(19)14-8-4-3-5-9-14/h3-12,17H,1-2H3. The molecule has 1 unspecified atom stereocenters. The van der Waals surface area contributed by atoms with Crippen molar-refractivity contribution in [1.82, 2.24) is 0 Å². The molecule has 21 heavy (non-hydrogen) atoms. The van der Waals surface area contributed by atoms with E-state index >= 15 is 0 Å². The minimum absolute atomic E-state index is 0.0164. The molecule has 1 heterocycles. The van der Waals surface area contributed by atoms with Crippen molar-refractivity contribution in [3.05, 3.63) is 71.8 Å². The lowest BCUT2D eigenvalue weighted by Gasteiger charge is -2.35. The Morgan fingerprint density at radius 3 is 2.38 bits per heavy atom. The highest BCUT2D eigenvalue weighted by Crippen LogP contribution is 2.40. The first-order valence-corrected chi connectivity index (χ1v) is 6.92. The van der Waals surface area contributed by atoms with Crippen LogP contribution < -0.4 is 4.90 Å². The number of carbonyl (C=O) groups excluding carboxylic acids is 1. The molecule has 0 saturated heterocycles. The zero-order chi connectivity index (χ0) is 14.8. The van der Waals surface area contributed by atoms with E-state index in [0.29, 0.717) is 0 Å². The molecule has 0 N–H and O–H groups in total. The number of rotatable bonds is 2. The molecular formula is C18H17NO2. The van der Waals surface area contributed by atoms with Crippen molar-refractivity contribution >= 4 is 17.4 Å². The lowest BCUT2D eigenvalue weighted by molar-refractivity contribution is -0.116. The summed E-state index contributed by atoms with van der Waals surface area (Å²) in [4.78, 5) is 14.0. The van der Waals surface area contributed by atoms with Gasteiger partial charge in [-0.3, -0.25) is 4.79 Å². The fourth-order valence-corrected chi connectivity index (χ4v) is 2.79. The fourth-order valence-electron chi connectivity index (χ4n) is 2.79. The highest BCUT2D eigenvalue weighted by molar-refractivity contribution is 5.97. The van der Waals surface area contributed by atoms with E-state index in [2.05, 4.69) is 0 Å². The van der Waals surface area contributed by atoms with Gasteiger partial charge in [-0.05, 0) is 23.8 Å². The van der Waals surface area contributed by atoms with Gasteiger partial charge in [-0.15, -0.1) is 0 Å². The van der Waals surface area contributed by atoms with Gasteiger partial charge in [0, 0.05) is 12.5 Å². The van der Waals surface area contributed by atoms with Crippen LogP contribution in [0.3, 0.4) is 0 Å². The molecule has 106 valence electrons. The van der Waals surface area contributed by atoms with Crippen molar-refractivity contribution in [2.75, 3.05) is 12.0 Å². The van der Waals surface area contributed by atoms with Crippen LogP contribution in [0, 0.1) is 0 Å². The van der Waals surface area contributed by atoms with Crippen molar-refractivity contribution in [3.63, 3.8) is 0 Å². The maximum atomic E-state index is 12.2. The maximum absolute atomic E-state index is 12.2. The molecule has 0 aliphatic carbocycles.